The minimum atomic E-state index is -0.965. The molecule has 1 atom stereocenters. The van der Waals surface area contributed by atoms with Gasteiger partial charge in [0, 0.05) is 25.2 Å². The maximum absolute atomic E-state index is 12.9. The van der Waals surface area contributed by atoms with Gasteiger partial charge >= 0.3 is 5.97 Å². The summed E-state index contributed by atoms with van der Waals surface area (Å²) in [5, 5.41) is 9.43. The van der Waals surface area contributed by atoms with Crippen LogP contribution in [0.2, 0.25) is 0 Å². The number of carboxylic acid groups (broad SMARTS) is 1. The summed E-state index contributed by atoms with van der Waals surface area (Å²) < 4.78 is 0. The van der Waals surface area contributed by atoms with Crippen molar-refractivity contribution in [2.75, 3.05) is 19.6 Å². The number of carboxylic acids is 1. The van der Waals surface area contributed by atoms with Crippen LogP contribution in [0, 0.1) is 5.41 Å². The van der Waals surface area contributed by atoms with Crippen molar-refractivity contribution in [2.24, 2.45) is 5.41 Å². The van der Waals surface area contributed by atoms with Crippen molar-refractivity contribution < 1.29 is 24.3 Å². The van der Waals surface area contributed by atoms with Crippen LogP contribution >= 0.6 is 0 Å². The van der Waals surface area contributed by atoms with Crippen molar-refractivity contribution in [3.8, 4) is 0 Å². The number of aliphatic carboxylic acids is 1. The molecule has 0 bridgehead atoms. The Balaban J connectivity index is 1.83. The second-order valence-electron chi connectivity index (χ2n) is 7.57. The normalized spacial score (nSPS) is 22.1. The van der Waals surface area contributed by atoms with Gasteiger partial charge in [0.05, 0.1) is 16.5 Å². The van der Waals surface area contributed by atoms with Crippen LogP contribution in [0.5, 0.6) is 0 Å². The van der Waals surface area contributed by atoms with Crippen LogP contribution < -0.4 is 0 Å². The molecule has 2 aliphatic heterocycles. The number of rotatable bonds is 5. The molecule has 0 radical (unpaired) electrons. The summed E-state index contributed by atoms with van der Waals surface area (Å²) in [7, 11) is 0. The minimum Gasteiger partial charge on any atom is -0.481 e. The highest BCUT2D eigenvalue weighted by atomic mass is 16.4. The zero-order chi connectivity index (χ0) is 19.8. The molecule has 1 N–H and O–H groups in total. The number of likely N-dealkylation sites (tertiary alicyclic amines) is 1. The number of unbranched alkanes of at least 4 members (excludes halogenated alkanes) is 1. The van der Waals surface area contributed by atoms with E-state index in [9.17, 15) is 24.3 Å². The number of carbonyl (C=O) groups excluding carboxylic acids is 3. The van der Waals surface area contributed by atoms with Gasteiger partial charge in [-0.2, -0.15) is 0 Å². The Morgan fingerprint density at radius 2 is 1.89 bits per heavy atom. The van der Waals surface area contributed by atoms with Crippen LogP contribution in [0.1, 0.15) is 70.6 Å². The van der Waals surface area contributed by atoms with Gasteiger partial charge in [0.2, 0.25) is 0 Å². The first-order valence-electron chi connectivity index (χ1n) is 9.31. The molecule has 0 saturated carbocycles. The van der Waals surface area contributed by atoms with E-state index in [4.69, 9.17) is 0 Å². The lowest BCUT2D eigenvalue weighted by Gasteiger charge is -2.37. The van der Waals surface area contributed by atoms with E-state index in [1.807, 2.05) is 6.92 Å². The lowest BCUT2D eigenvalue weighted by molar-refractivity contribution is -0.150. The van der Waals surface area contributed by atoms with Gasteiger partial charge in [-0.05, 0) is 44.4 Å². The van der Waals surface area contributed by atoms with Crippen molar-refractivity contribution in [1.29, 1.82) is 0 Å². The maximum Gasteiger partial charge on any atom is 0.311 e. The molecule has 1 aromatic carbocycles. The highest BCUT2D eigenvalue weighted by Gasteiger charge is 2.40. The molecule has 2 heterocycles. The summed E-state index contributed by atoms with van der Waals surface area (Å²) in [6, 6.07) is 4.54. The van der Waals surface area contributed by atoms with Gasteiger partial charge in [-0.25, -0.2) is 0 Å². The number of carbonyl (C=O) groups is 4. The smallest absolute Gasteiger partial charge is 0.311 e. The Morgan fingerprint density at radius 3 is 2.56 bits per heavy atom. The lowest BCUT2D eigenvalue weighted by atomic mass is 9.82. The van der Waals surface area contributed by atoms with E-state index < -0.39 is 11.4 Å². The monoisotopic (exact) mass is 372 g/mol. The number of amides is 3. The molecule has 3 rings (SSSR count). The standard InChI is InChI=1S/C20H24N2O5/c1-3-4-10-22-17(24)14-7-6-13(11-15(14)18(22)25)16(23)21-9-5-8-20(2,12-21)19(26)27/h6-7,11H,3-5,8-10,12H2,1-2H3,(H,26,27). The van der Waals surface area contributed by atoms with Crippen molar-refractivity contribution >= 4 is 23.7 Å². The predicted octanol–water partition coefficient (Wildman–Crippen LogP) is 2.41. The Kier molecular flexibility index (Phi) is 5.04. The highest BCUT2D eigenvalue weighted by Crippen LogP contribution is 2.31. The van der Waals surface area contributed by atoms with E-state index in [1.54, 1.807) is 13.0 Å². The molecule has 1 saturated heterocycles. The second-order valence-corrected chi connectivity index (χ2v) is 7.57. The highest BCUT2D eigenvalue weighted by molar-refractivity contribution is 6.22. The molecule has 0 aromatic heterocycles. The van der Waals surface area contributed by atoms with Crippen LogP contribution in [-0.2, 0) is 4.79 Å². The summed E-state index contributed by atoms with van der Waals surface area (Å²) in [4.78, 5) is 52.1. The number of benzene rings is 1. The van der Waals surface area contributed by atoms with E-state index in [0.29, 0.717) is 37.1 Å². The van der Waals surface area contributed by atoms with Crippen LogP contribution in [-0.4, -0.2) is 58.2 Å². The summed E-state index contributed by atoms with van der Waals surface area (Å²) in [5.74, 6) is -1.91. The Hall–Kier alpha value is -2.70. The van der Waals surface area contributed by atoms with Gasteiger partial charge in [0.15, 0.2) is 0 Å². The van der Waals surface area contributed by atoms with Gasteiger partial charge in [-0.1, -0.05) is 13.3 Å². The third-order valence-corrected chi connectivity index (χ3v) is 5.45. The van der Waals surface area contributed by atoms with Crippen molar-refractivity contribution in [1.82, 2.24) is 9.80 Å². The molecule has 7 heteroatoms. The molecule has 27 heavy (non-hydrogen) atoms. The molecule has 7 nitrogen and oxygen atoms in total. The Bertz CT molecular complexity index is 819. The third-order valence-electron chi connectivity index (χ3n) is 5.45. The number of imide groups is 1. The van der Waals surface area contributed by atoms with Crippen LogP contribution in [0.4, 0.5) is 0 Å². The molecule has 1 unspecified atom stereocenters. The van der Waals surface area contributed by atoms with Crippen LogP contribution in [0.25, 0.3) is 0 Å². The molecular weight excluding hydrogens is 348 g/mol. The van der Waals surface area contributed by atoms with Gasteiger partial charge < -0.3 is 10.0 Å². The van der Waals surface area contributed by atoms with Crippen LogP contribution in [0.3, 0.4) is 0 Å². The maximum atomic E-state index is 12.9. The van der Waals surface area contributed by atoms with Gasteiger partial charge in [-0.3, -0.25) is 24.1 Å². The second kappa shape index (κ2) is 7.13. The van der Waals surface area contributed by atoms with E-state index in [0.717, 1.165) is 12.8 Å². The summed E-state index contributed by atoms with van der Waals surface area (Å²) >= 11 is 0. The molecule has 0 spiro atoms. The Labute approximate surface area is 157 Å². The van der Waals surface area contributed by atoms with Gasteiger partial charge in [0.1, 0.15) is 0 Å². The summed E-state index contributed by atoms with van der Waals surface area (Å²) in [6.07, 6.45) is 2.74. The fourth-order valence-corrected chi connectivity index (χ4v) is 3.71. The quantitative estimate of drug-likeness (QED) is 0.801. The largest absolute Gasteiger partial charge is 0.481 e. The zero-order valence-corrected chi connectivity index (χ0v) is 15.7. The number of piperidine rings is 1. The van der Waals surface area contributed by atoms with Gasteiger partial charge in [-0.15, -0.1) is 0 Å². The molecule has 144 valence electrons. The van der Waals surface area contributed by atoms with Crippen LogP contribution in [0.15, 0.2) is 18.2 Å². The molecule has 0 aliphatic carbocycles. The predicted molar refractivity (Wildman–Crippen MR) is 97.6 cm³/mol. The fraction of sp³-hybridized carbons (Fsp3) is 0.500. The molecule has 1 fully saturated rings. The first-order valence-corrected chi connectivity index (χ1v) is 9.31. The van der Waals surface area contributed by atoms with E-state index in [2.05, 4.69) is 0 Å². The molecular formula is C20H24N2O5. The number of fused-ring (bicyclic) bond motifs is 1. The minimum absolute atomic E-state index is 0.133. The zero-order valence-electron chi connectivity index (χ0n) is 15.7. The average molecular weight is 372 g/mol. The first kappa shape index (κ1) is 19.1. The Morgan fingerprint density at radius 1 is 1.19 bits per heavy atom. The number of nitrogens with zero attached hydrogens (tertiary/aromatic N) is 2. The molecule has 1 aromatic rings. The van der Waals surface area contributed by atoms with Crippen molar-refractivity contribution in [3.63, 3.8) is 0 Å². The summed E-state index contributed by atoms with van der Waals surface area (Å²) in [6.45, 7) is 4.61. The number of hydrogen-bond acceptors (Lipinski definition) is 4. The lowest BCUT2D eigenvalue weighted by Crippen LogP contribution is -2.48. The topological polar surface area (TPSA) is 95.0 Å². The van der Waals surface area contributed by atoms with E-state index >= 15 is 0 Å². The third kappa shape index (κ3) is 3.34. The van der Waals surface area contributed by atoms with Crippen molar-refractivity contribution in [3.05, 3.63) is 34.9 Å². The fourth-order valence-electron chi connectivity index (χ4n) is 3.71. The number of hydrogen-bond donors (Lipinski definition) is 1. The van der Waals surface area contributed by atoms with E-state index in [-0.39, 0.29) is 29.8 Å². The van der Waals surface area contributed by atoms with E-state index in [1.165, 1.54) is 21.9 Å². The van der Waals surface area contributed by atoms with Gasteiger partial charge in [0.25, 0.3) is 17.7 Å². The SMILES string of the molecule is CCCCN1C(=O)c2ccc(C(=O)N3CCCC(C)(C(=O)O)C3)cc2C1=O. The van der Waals surface area contributed by atoms with Crippen molar-refractivity contribution in [2.45, 2.75) is 39.5 Å². The molecule has 3 amide bonds. The average Bonchev–Trinajstić information content (AvgIpc) is 2.89. The molecule has 2 aliphatic rings. The summed E-state index contributed by atoms with van der Waals surface area (Å²) in [5.41, 5.74) is -0.0867. The first-order chi connectivity index (χ1) is 12.8.